The lowest BCUT2D eigenvalue weighted by atomic mass is 9.85. The third-order valence-electron chi connectivity index (χ3n) is 5.37. The number of carbonyl (C=O) groups is 2. The number of anilines is 1. The van der Waals surface area contributed by atoms with E-state index < -0.39 is 5.41 Å². The van der Waals surface area contributed by atoms with Gasteiger partial charge in [-0.3, -0.25) is 9.59 Å². The predicted molar refractivity (Wildman–Crippen MR) is 99.5 cm³/mol. The molecule has 1 heterocycles. The Balaban J connectivity index is 1.74. The van der Waals surface area contributed by atoms with Gasteiger partial charge >= 0.3 is 0 Å². The van der Waals surface area contributed by atoms with E-state index in [0.29, 0.717) is 25.9 Å². The first-order chi connectivity index (χ1) is 11.7. The summed E-state index contributed by atoms with van der Waals surface area (Å²) < 4.78 is 0. The third kappa shape index (κ3) is 3.56. The topological polar surface area (TPSA) is 52.7 Å². The van der Waals surface area contributed by atoms with Gasteiger partial charge in [-0.15, -0.1) is 0 Å². The van der Waals surface area contributed by atoms with Crippen LogP contribution in [-0.4, -0.2) is 54.8 Å². The van der Waals surface area contributed by atoms with Crippen LogP contribution in [0.3, 0.4) is 0 Å². The Labute approximate surface area is 150 Å². The molecular weight excluding hydrogens is 314 g/mol. The molecule has 5 heteroatoms. The molecule has 0 atom stereocenters. The molecule has 0 bridgehead atoms. The second kappa shape index (κ2) is 6.45. The van der Waals surface area contributed by atoms with Gasteiger partial charge in [0.1, 0.15) is 5.41 Å². The molecule has 0 spiro atoms. The molecule has 1 aliphatic carbocycles. The molecule has 2 fully saturated rings. The fourth-order valence-corrected chi connectivity index (χ4v) is 3.46. The number of likely N-dealkylation sites (N-methyl/N-ethyl adjacent to an activating group) is 1. The van der Waals surface area contributed by atoms with Crippen LogP contribution in [-0.2, 0) is 15.0 Å². The molecule has 1 saturated heterocycles. The van der Waals surface area contributed by atoms with Crippen molar-refractivity contribution < 1.29 is 9.59 Å². The first-order valence-electron chi connectivity index (χ1n) is 9.13. The molecule has 25 heavy (non-hydrogen) atoms. The van der Waals surface area contributed by atoms with Gasteiger partial charge in [-0.2, -0.15) is 0 Å². The van der Waals surface area contributed by atoms with Crippen LogP contribution in [0.1, 0.15) is 39.2 Å². The van der Waals surface area contributed by atoms with E-state index in [9.17, 15) is 9.59 Å². The average molecular weight is 343 g/mol. The van der Waals surface area contributed by atoms with Crippen LogP contribution >= 0.6 is 0 Å². The summed E-state index contributed by atoms with van der Waals surface area (Å²) in [5.74, 6) is -0.139. The second-order valence-corrected chi connectivity index (χ2v) is 8.43. The largest absolute Gasteiger partial charge is 0.339 e. The van der Waals surface area contributed by atoms with Gasteiger partial charge in [-0.25, -0.2) is 0 Å². The first kappa shape index (κ1) is 17.9. The van der Waals surface area contributed by atoms with Gasteiger partial charge < -0.3 is 15.1 Å². The van der Waals surface area contributed by atoms with E-state index in [1.165, 1.54) is 0 Å². The molecule has 1 N–H and O–H groups in total. The average Bonchev–Trinajstić information content (AvgIpc) is 3.36. The molecule has 1 aromatic rings. The van der Waals surface area contributed by atoms with Crippen molar-refractivity contribution in [3.63, 3.8) is 0 Å². The minimum Gasteiger partial charge on any atom is -0.339 e. The van der Waals surface area contributed by atoms with E-state index in [1.807, 2.05) is 29.2 Å². The Kier molecular flexibility index (Phi) is 4.62. The van der Waals surface area contributed by atoms with E-state index in [4.69, 9.17) is 0 Å². The molecule has 0 radical (unpaired) electrons. The van der Waals surface area contributed by atoms with E-state index >= 15 is 0 Å². The monoisotopic (exact) mass is 343 g/mol. The van der Waals surface area contributed by atoms with E-state index in [2.05, 4.69) is 38.0 Å². The van der Waals surface area contributed by atoms with Crippen LogP contribution in [0.25, 0.3) is 0 Å². The van der Waals surface area contributed by atoms with Crippen LogP contribution in [0.2, 0.25) is 0 Å². The van der Waals surface area contributed by atoms with Gasteiger partial charge in [-0.1, -0.05) is 39.0 Å². The highest BCUT2D eigenvalue weighted by Crippen LogP contribution is 2.48. The summed E-state index contributed by atoms with van der Waals surface area (Å²) in [5.41, 5.74) is 0.992. The Morgan fingerprint density at radius 1 is 1.04 bits per heavy atom. The Bertz CT molecular complexity index is 666. The van der Waals surface area contributed by atoms with Crippen LogP contribution in [0.15, 0.2) is 24.3 Å². The zero-order valence-electron chi connectivity index (χ0n) is 15.8. The summed E-state index contributed by atoms with van der Waals surface area (Å²) in [6.45, 7) is 9.54. The number of amides is 2. The molecule has 1 aromatic carbocycles. The Morgan fingerprint density at radius 3 is 2.20 bits per heavy atom. The van der Waals surface area contributed by atoms with Gasteiger partial charge in [0.15, 0.2) is 0 Å². The third-order valence-corrected chi connectivity index (χ3v) is 5.37. The van der Waals surface area contributed by atoms with Crippen molar-refractivity contribution in [1.82, 2.24) is 9.80 Å². The molecule has 3 rings (SSSR count). The normalized spacial score (nSPS) is 20.2. The van der Waals surface area contributed by atoms with Crippen molar-refractivity contribution in [1.29, 1.82) is 0 Å². The lowest BCUT2D eigenvalue weighted by molar-refractivity contribution is -0.143. The summed E-state index contributed by atoms with van der Waals surface area (Å²) >= 11 is 0. The number of piperazine rings is 1. The minimum atomic E-state index is -0.846. The summed E-state index contributed by atoms with van der Waals surface area (Å²) in [5, 5.41) is 3.05. The van der Waals surface area contributed by atoms with Gasteiger partial charge in [0.2, 0.25) is 11.8 Å². The maximum Gasteiger partial charge on any atom is 0.240 e. The molecule has 2 amide bonds. The Hall–Kier alpha value is -1.88. The van der Waals surface area contributed by atoms with Crippen molar-refractivity contribution in [2.24, 2.45) is 5.41 Å². The highest BCUT2D eigenvalue weighted by molar-refractivity contribution is 6.13. The fraction of sp³-hybridized carbons (Fsp3) is 0.600. The van der Waals surface area contributed by atoms with Gasteiger partial charge in [-0.05, 0) is 36.9 Å². The van der Waals surface area contributed by atoms with E-state index in [-0.39, 0.29) is 17.2 Å². The number of para-hydroxylation sites is 1. The lowest BCUT2D eigenvalue weighted by Gasteiger charge is -2.34. The maximum absolute atomic E-state index is 13.0. The van der Waals surface area contributed by atoms with Crippen molar-refractivity contribution in [3.05, 3.63) is 29.8 Å². The van der Waals surface area contributed by atoms with Crippen molar-refractivity contribution in [2.75, 3.05) is 38.5 Å². The molecule has 1 saturated carbocycles. The number of hydrogen-bond acceptors (Lipinski definition) is 3. The molecule has 136 valence electrons. The number of hydrogen-bond donors (Lipinski definition) is 1. The van der Waals surface area contributed by atoms with Gasteiger partial charge in [0.25, 0.3) is 0 Å². The van der Waals surface area contributed by atoms with Crippen molar-refractivity contribution in [3.8, 4) is 0 Å². The first-order valence-corrected chi connectivity index (χ1v) is 9.13. The van der Waals surface area contributed by atoms with Crippen molar-refractivity contribution in [2.45, 2.75) is 39.0 Å². The van der Waals surface area contributed by atoms with Crippen LogP contribution in [0.5, 0.6) is 0 Å². The van der Waals surface area contributed by atoms with E-state index in [0.717, 1.165) is 24.3 Å². The molecule has 2 aliphatic rings. The predicted octanol–water partition coefficient (Wildman–Crippen LogP) is 2.48. The number of rotatable bonds is 3. The highest BCUT2D eigenvalue weighted by Gasteiger charge is 2.58. The SMILES string of the molecule is CN1CCN(C(=O)C2(C(=O)Nc3ccccc3C(C)(C)C)CC2)CC1. The lowest BCUT2D eigenvalue weighted by Crippen LogP contribution is -2.51. The molecule has 1 aliphatic heterocycles. The summed E-state index contributed by atoms with van der Waals surface area (Å²) in [6, 6.07) is 7.87. The quantitative estimate of drug-likeness (QED) is 0.858. The minimum absolute atomic E-state index is 0.00587. The van der Waals surface area contributed by atoms with Crippen molar-refractivity contribution >= 4 is 17.5 Å². The molecular formula is C20H29N3O2. The van der Waals surface area contributed by atoms with E-state index in [1.54, 1.807) is 0 Å². The standard InChI is InChI=1S/C20H29N3O2/c1-19(2,3)15-7-5-6-8-16(15)21-17(24)20(9-10-20)18(25)23-13-11-22(4)12-14-23/h5-8H,9-14H2,1-4H3,(H,21,24). The molecule has 0 aromatic heterocycles. The Morgan fingerprint density at radius 2 is 1.64 bits per heavy atom. The molecule has 5 nitrogen and oxygen atoms in total. The van der Waals surface area contributed by atoms with Gasteiger partial charge in [0, 0.05) is 31.9 Å². The maximum atomic E-state index is 13.0. The summed E-state index contributed by atoms with van der Waals surface area (Å²) in [6.07, 6.45) is 1.31. The second-order valence-electron chi connectivity index (χ2n) is 8.43. The number of benzene rings is 1. The zero-order valence-corrected chi connectivity index (χ0v) is 15.8. The fourth-order valence-electron chi connectivity index (χ4n) is 3.46. The number of nitrogens with zero attached hydrogens (tertiary/aromatic N) is 2. The number of nitrogens with one attached hydrogen (secondary N) is 1. The summed E-state index contributed by atoms with van der Waals surface area (Å²) in [7, 11) is 2.06. The summed E-state index contributed by atoms with van der Waals surface area (Å²) in [4.78, 5) is 30.0. The highest BCUT2D eigenvalue weighted by atomic mass is 16.2. The van der Waals surface area contributed by atoms with Gasteiger partial charge in [0.05, 0.1) is 0 Å². The van der Waals surface area contributed by atoms with Crippen LogP contribution < -0.4 is 5.32 Å². The van der Waals surface area contributed by atoms with Crippen LogP contribution in [0, 0.1) is 5.41 Å². The van der Waals surface area contributed by atoms with Crippen LogP contribution in [0.4, 0.5) is 5.69 Å². The smallest absolute Gasteiger partial charge is 0.240 e. The molecule has 0 unspecified atom stereocenters. The number of carbonyl (C=O) groups excluding carboxylic acids is 2. The zero-order chi connectivity index (χ0) is 18.2.